The molecule has 0 saturated heterocycles. The van der Waals surface area contributed by atoms with Crippen molar-refractivity contribution in [1.82, 2.24) is 15.0 Å². The maximum Gasteiger partial charge on any atom is 0.322 e. The molecule has 2 aromatic heterocycles. The summed E-state index contributed by atoms with van der Waals surface area (Å²) >= 11 is 5.71. The van der Waals surface area contributed by atoms with E-state index in [1.54, 1.807) is 0 Å². The highest BCUT2D eigenvalue weighted by atomic mass is 35.5. The van der Waals surface area contributed by atoms with Gasteiger partial charge in [0.15, 0.2) is 5.75 Å². The second-order valence-electron chi connectivity index (χ2n) is 3.48. The summed E-state index contributed by atoms with van der Waals surface area (Å²) in [7, 11) is 0. The highest BCUT2D eigenvalue weighted by Gasteiger charge is 2.05. The van der Waals surface area contributed by atoms with Crippen molar-refractivity contribution in [2.24, 2.45) is 0 Å². The molecule has 17 heavy (non-hydrogen) atoms. The van der Waals surface area contributed by atoms with Crippen molar-refractivity contribution in [3.05, 3.63) is 47.9 Å². The van der Waals surface area contributed by atoms with Gasteiger partial charge in [-0.3, -0.25) is 0 Å². The van der Waals surface area contributed by atoms with E-state index in [1.165, 1.54) is 12.4 Å². The van der Waals surface area contributed by atoms with Crippen molar-refractivity contribution in [3.8, 4) is 11.8 Å². The molecular formula is C12H8ClN3O. The zero-order chi connectivity index (χ0) is 11.7. The standard InChI is InChI=1S/C12H8ClN3O/c13-9-6-15-12(16-7-9)17-10-3-1-2-8-4-5-14-11(8)10/h1-7,14H. The number of halogens is 1. The number of nitrogens with one attached hydrogen (secondary N) is 1. The Morgan fingerprint density at radius 1 is 1.12 bits per heavy atom. The molecule has 84 valence electrons. The van der Waals surface area contributed by atoms with Crippen LogP contribution < -0.4 is 4.74 Å². The molecule has 5 heteroatoms. The zero-order valence-electron chi connectivity index (χ0n) is 8.72. The van der Waals surface area contributed by atoms with Gasteiger partial charge >= 0.3 is 6.01 Å². The first-order chi connectivity index (χ1) is 8.33. The van der Waals surface area contributed by atoms with Crippen LogP contribution >= 0.6 is 11.6 Å². The van der Waals surface area contributed by atoms with E-state index in [2.05, 4.69) is 15.0 Å². The minimum Gasteiger partial charge on any atom is -0.422 e. The molecule has 0 bridgehead atoms. The van der Waals surface area contributed by atoms with Gasteiger partial charge in [0.25, 0.3) is 0 Å². The van der Waals surface area contributed by atoms with Crippen LogP contribution in [0.2, 0.25) is 5.02 Å². The molecular weight excluding hydrogens is 238 g/mol. The number of nitrogens with zero attached hydrogens (tertiary/aromatic N) is 2. The van der Waals surface area contributed by atoms with E-state index in [9.17, 15) is 0 Å². The van der Waals surface area contributed by atoms with Crippen LogP contribution in [0, 0.1) is 0 Å². The van der Waals surface area contributed by atoms with Crippen LogP contribution in [0.5, 0.6) is 11.8 Å². The highest BCUT2D eigenvalue weighted by Crippen LogP contribution is 2.26. The van der Waals surface area contributed by atoms with Crippen LogP contribution in [0.1, 0.15) is 0 Å². The molecule has 0 spiro atoms. The summed E-state index contributed by atoms with van der Waals surface area (Å²) in [5.41, 5.74) is 0.922. The molecule has 0 fully saturated rings. The third kappa shape index (κ3) is 1.94. The maximum absolute atomic E-state index is 5.71. The van der Waals surface area contributed by atoms with Crippen LogP contribution in [-0.4, -0.2) is 15.0 Å². The van der Waals surface area contributed by atoms with E-state index < -0.39 is 0 Å². The van der Waals surface area contributed by atoms with Gasteiger partial charge in [-0.1, -0.05) is 23.7 Å². The molecule has 3 rings (SSSR count). The smallest absolute Gasteiger partial charge is 0.322 e. The van der Waals surface area contributed by atoms with Crippen LogP contribution in [0.3, 0.4) is 0 Å². The Labute approximate surface area is 102 Å². The average molecular weight is 246 g/mol. The molecule has 0 aliphatic rings. The third-order valence-electron chi connectivity index (χ3n) is 2.35. The lowest BCUT2D eigenvalue weighted by Gasteiger charge is -2.04. The van der Waals surface area contributed by atoms with Crippen molar-refractivity contribution < 1.29 is 4.74 Å². The number of ether oxygens (including phenoxy) is 1. The van der Waals surface area contributed by atoms with Crippen LogP contribution in [0.15, 0.2) is 42.9 Å². The molecule has 3 aromatic rings. The van der Waals surface area contributed by atoms with Crippen molar-refractivity contribution in [3.63, 3.8) is 0 Å². The minimum atomic E-state index is 0.275. The number of hydrogen-bond acceptors (Lipinski definition) is 3. The predicted octanol–water partition coefficient (Wildman–Crippen LogP) is 3.40. The molecule has 4 nitrogen and oxygen atoms in total. The summed E-state index contributed by atoms with van der Waals surface area (Å²) < 4.78 is 5.59. The SMILES string of the molecule is Clc1cnc(Oc2cccc3cc[nH]c23)nc1. The Morgan fingerprint density at radius 3 is 2.76 bits per heavy atom. The van der Waals surface area contributed by atoms with Gasteiger partial charge in [-0.05, 0) is 12.1 Å². The molecule has 1 aromatic carbocycles. The Kier molecular flexibility index (Phi) is 2.42. The molecule has 0 unspecified atom stereocenters. The van der Waals surface area contributed by atoms with E-state index >= 15 is 0 Å². The fourth-order valence-electron chi connectivity index (χ4n) is 1.59. The summed E-state index contributed by atoms with van der Waals surface area (Å²) in [4.78, 5) is 11.1. The Bertz CT molecular complexity index is 648. The summed E-state index contributed by atoms with van der Waals surface area (Å²) in [6.07, 6.45) is 4.86. The first-order valence-corrected chi connectivity index (χ1v) is 5.42. The Morgan fingerprint density at radius 2 is 1.94 bits per heavy atom. The second kappa shape index (κ2) is 4.07. The summed E-state index contributed by atoms with van der Waals surface area (Å²) in [5, 5.41) is 1.56. The monoisotopic (exact) mass is 245 g/mol. The van der Waals surface area contributed by atoms with Crippen molar-refractivity contribution in [2.75, 3.05) is 0 Å². The van der Waals surface area contributed by atoms with Gasteiger partial charge in [-0.15, -0.1) is 0 Å². The summed E-state index contributed by atoms with van der Waals surface area (Å²) in [5.74, 6) is 0.690. The van der Waals surface area contributed by atoms with Crippen LogP contribution in [0.25, 0.3) is 10.9 Å². The fraction of sp³-hybridized carbons (Fsp3) is 0. The highest BCUT2D eigenvalue weighted by molar-refractivity contribution is 6.30. The van der Waals surface area contributed by atoms with E-state index in [4.69, 9.17) is 16.3 Å². The fourth-order valence-corrected chi connectivity index (χ4v) is 1.69. The third-order valence-corrected chi connectivity index (χ3v) is 2.54. The lowest BCUT2D eigenvalue weighted by molar-refractivity contribution is 0.446. The number of rotatable bonds is 2. The van der Waals surface area contributed by atoms with E-state index in [0.29, 0.717) is 10.8 Å². The normalized spacial score (nSPS) is 10.6. The molecule has 0 amide bonds. The van der Waals surface area contributed by atoms with Crippen LogP contribution in [-0.2, 0) is 0 Å². The van der Waals surface area contributed by atoms with Crippen molar-refractivity contribution >= 4 is 22.5 Å². The van der Waals surface area contributed by atoms with Crippen LogP contribution in [0.4, 0.5) is 0 Å². The molecule has 0 aliphatic heterocycles. The maximum atomic E-state index is 5.71. The largest absolute Gasteiger partial charge is 0.422 e. The molecule has 0 aliphatic carbocycles. The number of aromatic nitrogens is 3. The predicted molar refractivity (Wildman–Crippen MR) is 65.4 cm³/mol. The van der Waals surface area contributed by atoms with Gasteiger partial charge < -0.3 is 9.72 Å². The van der Waals surface area contributed by atoms with E-state index in [1.807, 2.05) is 30.5 Å². The average Bonchev–Trinajstić information content (AvgIpc) is 2.81. The van der Waals surface area contributed by atoms with Crippen molar-refractivity contribution in [1.29, 1.82) is 0 Å². The Hall–Kier alpha value is -2.07. The van der Waals surface area contributed by atoms with Gasteiger partial charge in [0.05, 0.1) is 22.9 Å². The van der Waals surface area contributed by atoms with Gasteiger partial charge in [0.2, 0.25) is 0 Å². The first kappa shape index (κ1) is 10.1. The number of hydrogen-bond donors (Lipinski definition) is 1. The molecule has 1 N–H and O–H groups in total. The second-order valence-corrected chi connectivity index (χ2v) is 3.92. The van der Waals surface area contributed by atoms with E-state index in [-0.39, 0.29) is 6.01 Å². The summed E-state index contributed by atoms with van der Waals surface area (Å²) in [6, 6.07) is 8.03. The lowest BCUT2D eigenvalue weighted by Crippen LogP contribution is -1.91. The topological polar surface area (TPSA) is 50.8 Å². The minimum absolute atomic E-state index is 0.275. The zero-order valence-corrected chi connectivity index (χ0v) is 9.48. The van der Waals surface area contributed by atoms with Gasteiger partial charge in [-0.2, -0.15) is 0 Å². The molecule has 2 heterocycles. The number of aromatic amines is 1. The van der Waals surface area contributed by atoms with Crippen molar-refractivity contribution in [2.45, 2.75) is 0 Å². The molecule has 0 atom stereocenters. The molecule has 0 radical (unpaired) electrons. The van der Waals surface area contributed by atoms with E-state index in [0.717, 1.165) is 10.9 Å². The Balaban J connectivity index is 1.99. The number of fused-ring (bicyclic) bond motifs is 1. The first-order valence-electron chi connectivity index (χ1n) is 5.04. The number of H-pyrrole nitrogens is 1. The number of para-hydroxylation sites is 1. The van der Waals surface area contributed by atoms with Gasteiger partial charge in [-0.25, -0.2) is 9.97 Å². The number of benzene rings is 1. The van der Waals surface area contributed by atoms with Gasteiger partial charge in [0, 0.05) is 11.6 Å². The quantitative estimate of drug-likeness (QED) is 0.753. The van der Waals surface area contributed by atoms with Gasteiger partial charge in [0.1, 0.15) is 0 Å². The lowest BCUT2D eigenvalue weighted by atomic mass is 10.2. The summed E-state index contributed by atoms with van der Waals surface area (Å²) in [6.45, 7) is 0. The molecule has 0 saturated carbocycles.